The average Bonchev–Trinajstić information content (AvgIpc) is 2.63. The Bertz CT molecular complexity index is 698. The second-order valence-corrected chi connectivity index (χ2v) is 6.89. The van der Waals surface area contributed by atoms with Crippen molar-refractivity contribution in [2.24, 2.45) is 16.6 Å². The zero-order valence-electron chi connectivity index (χ0n) is 15.1. The monoisotopic (exact) mass is 337 g/mol. The summed E-state index contributed by atoms with van der Waals surface area (Å²) in [6.45, 7) is 7.09. The molecule has 1 aliphatic rings. The van der Waals surface area contributed by atoms with E-state index in [1.54, 1.807) is 0 Å². The van der Waals surface area contributed by atoms with E-state index in [0.29, 0.717) is 12.5 Å². The van der Waals surface area contributed by atoms with Crippen molar-refractivity contribution >= 4 is 17.5 Å². The Labute approximate surface area is 150 Å². The molecule has 2 heterocycles. The predicted octanol–water partition coefficient (Wildman–Crippen LogP) is 3.55. The number of aromatic nitrogens is 1. The van der Waals surface area contributed by atoms with Gasteiger partial charge in [-0.15, -0.1) is 0 Å². The molecule has 1 aromatic heterocycles. The number of rotatable bonds is 4. The normalized spacial score (nSPS) is 16.1. The van der Waals surface area contributed by atoms with Gasteiger partial charge >= 0.3 is 0 Å². The first-order valence-electron chi connectivity index (χ1n) is 8.93. The van der Waals surface area contributed by atoms with Crippen LogP contribution in [0.4, 0.5) is 11.5 Å². The van der Waals surface area contributed by atoms with Crippen molar-refractivity contribution in [1.29, 1.82) is 0 Å². The standard InChI is InChI=1S/C20H27N5/c1-15-3-6-18(7-4-15)24-20(21)23-14-17-5-8-19(22-13-17)25-11-9-16(2)10-12-25/h3-8,13,16H,9-12,14H2,1-2H3,(H3,21,23,24). The molecule has 1 aliphatic heterocycles. The number of nitrogens with one attached hydrogen (secondary N) is 1. The number of aryl methyl sites for hydroxylation is 1. The number of piperidine rings is 1. The molecular formula is C20H27N5. The lowest BCUT2D eigenvalue weighted by atomic mass is 9.99. The largest absolute Gasteiger partial charge is 0.370 e. The zero-order chi connectivity index (χ0) is 17.6. The summed E-state index contributed by atoms with van der Waals surface area (Å²) in [7, 11) is 0. The van der Waals surface area contributed by atoms with Crippen molar-refractivity contribution in [2.45, 2.75) is 33.2 Å². The molecule has 2 aromatic rings. The fourth-order valence-corrected chi connectivity index (χ4v) is 2.94. The molecule has 1 fully saturated rings. The van der Waals surface area contributed by atoms with Crippen molar-refractivity contribution in [3.8, 4) is 0 Å². The smallest absolute Gasteiger partial charge is 0.193 e. The van der Waals surface area contributed by atoms with Gasteiger partial charge in [0.1, 0.15) is 5.82 Å². The van der Waals surface area contributed by atoms with E-state index in [1.165, 1.54) is 18.4 Å². The van der Waals surface area contributed by atoms with Gasteiger partial charge in [-0.2, -0.15) is 0 Å². The number of nitrogens with zero attached hydrogens (tertiary/aromatic N) is 3. The Morgan fingerprint density at radius 3 is 2.56 bits per heavy atom. The number of anilines is 2. The fourth-order valence-electron chi connectivity index (χ4n) is 2.94. The van der Waals surface area contributed by atoms with Crippen molar-refractivity contribution in [3.63, 3.8) is 0 Å². The molecule has 0 bridgehead atoms. The zero-order valence-corrected chi connectivity index (χ0v) is 15.1. The van der Waals surface area contributed by atoms with E-state index in [9.17, 15) is 0 Å². The lowest BCUT2D eigenvalue weighted by Gasteiger charge is -2.31. The summed E-state index contributed by atoms with van der Waals surface area (Å²) in [5, 5.41) is 3.11. The van der Waals surface area contributed by atoms with E-state index in [0.717, 1.165) is 36.1 Å². The molecule has 0 spiro atoms. The summed E-state index contributed by atoms with van der Waals surface area (Å²) >= 11 is 0. The average molecular weight is 337 g/mol. The van der Waals surface area contributed by atoms with E-state index >= 15 is 0 Å². The molecule has 0 saturated carbocycles. The summed E-state index contributed by atoms with van der Waals surface area (Å²) in [6, 6.07) is 12.2. The maximum Gasteiger partial charge on any atom is 0.193 e. The van der Waals surface area contributed by atoms with E-state index in [2.05, 4.69) is 46.2 Å². The van der Waals surface area contributed by atoms with Gasteiger partial charge < -0.3 is 16.0 Å². The van der Waals surface area contributed by atoms with Gasteiger partial charge in [0, 0.05) is 25.0 Å². The van der Waals surface area contributed by atoms with Gasteiger partial charge in [-0.05, 0) is 49.4 Å². The SMILES string of the molecule is Cc1ccc(NC(N)=NCc2ccc(N3CCC(C)CC3)nc2)cc1. The molecule has 25 heavy (non-hydrogen) atoms. The van der Waals surface area contributed by atoms with Crippen molar-refractivity contribution < 1.29 is 0 Å². The molecule has 0 radical (unpaired) electrons. The number of benzene rings is 1. The van der Waals surface area contributed by atoms with Crippen LogP contribution in [-0.4, -0.2) is 24.0 Å². The summed E-state index contributed by atoms with van der Waals surface area (Å²) in [5.74, 6) is 2.30. The molecule has 0 aliphatic carbocycles. The van der Waals surface area contributed by atoms with Crippen LogP contribution in [0.15, 0.2) is 47.6 Å². The van der Waals surface area contributed by atoms with Gasteiger partial charge in [0.25, 0.3) is 0 Å². The van der Waals surface area contributed by atoms with Crippen LogP contribution >= 0.6 is 0 Å². The molecule has 0 atom stereocenters. The molecular weight excluding hydrogens is 310 g/mol. The van der Waals surface area contributed by atoms with Crippen LogP contribution in [0.5, 0.6) is 0 Å². The number of hydrogen-bond acceptors (Lipinski definition) is 3. The van der Waals surface area contributed by atoms with Gasteiger partial charge in [0.2, 0.25) is 0 Å². The third-order valence-electron chi connectivity index (χ3n) is 4.67. The van der Waals surface area contributed by atoms with Crippen LogP contribution in [-0.2, 0) is 6.54 Å². The van der Waals surface area contributed by atoms with Gasteiger partial charge in [-0.3, -0.25) is 0 Å². The summed E-state index contributed by atoms with van der Waals surface area (Å²) in [6.07, 6.45) is 4.39. The van der Waals surface area contributed by atoms with Gasteiger partial charge in [-0.25, -0.2) is 9.98 Å². The summed E-state index contributed by atoms with van der Waals surface area (Å²) < 4.78 is 0. The van der Waals surface area contributed by atoms with E-state index < -0.39 is 0 Å². The Morgan fingerprint density at radius 1 is 1.20 bits per heavy atom. The lowest BCUT2D eigenvalue weighted by molar-refractivity contribution is 0.436. The first kappa shape index (κ1) is 17.3. The highest BCUT2D eigenvalue weighted by atomic mass is 15.2. The number of hydrogen-bond donors (Lipinski definition) is 2. The molecule has 132 valence electrons. The Morgan fingerprint density at radius 2 is 1.92 bits per heavy atom. The van der Waals surface area contributed by atoms with Gasteiger partial charge in [-0.1, -0.05) is 30.7 Å². The minimum Gasteiger partial charge on any atom is -0.370 e. The summed E-state index contributed by atoms with van der Waals surface area (Å²) in [4.78, 5) is 11.3. The molecule has 3 rings (SSSR count). The first-order chi connectivity index (χ1) is 12.1. The van der Waals surface area contributed by atoms with Crippen molar-refractivity contribution in [1.82, 2.24) is 4.98 Å². The highest BCUT2D eigenvalue weighted by Gasteiger charge is 2.16. The molecule has 0 unspecified atom stereocenters. The molecule has 5 heteroatoms. The number of nitrogens with two attached hydrogens (primary N) is 1. The minimum atomic E-state index is 0.415. The van der Waals surface area contributed by atoms with Crippen molar-refractivity contribution in [3.05, 3.63) is 53.7 Å². The molecule has 3 N–H and O–H groups in total. The van der Waals surface area contributed by atoms with Crippen LogP contribution in [0.1, 0.15) is 30.9 Å². The maximum absolute atomic E-state index is 5.96. The topological polar surface area (TPSA) is 66.5 Å². The summed E-state index contributed by atoms with van der Waals surface area (Å²) in [5.41, 5.74) is 9.18. The van der Waals surface area contributed by atoms with E-state index in [-0.39, 0.29) is 0 Å². The first-order valence-corrected chi connectivity index (χ1v) is 8.93. The molecule has 1 saturated heterocycles. The quantitative estimate of drug-likeness (QED) is 0.661. The van der Waals surface area contributed by atoms with Crippen molar-refractivity contribution in [2.75, 3.05) is 23.3 Å². The molecule has 1 aromatic carbocycles. The molecule has 5 nitrogen and oxygen atoms in total. The lowest BCUT2D eigenvalue weighted by Crippen LogP contribution is -2.33. The van der Waals surface area contributed by atoms with Gasteiger partial charge in [0.05, 0.1) is 6.54 Å². The van der Waals surface area contributed by atoms with Crippen LogP contribution in [0.3, 0.4) is 0 Å². The highest BCUT2D eigenvalue weighted by molar-refractivity contribution is 5.92. The highest BCUT2D eigenvalue weighted by Crippen LogP contribution is 2.21. The maximum atomic E-state index is 5.96. The van der Waals surface area contributed by atoms with Crippen LogP contribution in [0, 0.1) is 12.8 Å². The minimum absolute atomic E-state index is 0.415. The number of guanidine groups is 1. The Kier molecular flexibility index (Phi) is 5.53. The molecule has 0 amide bonds. The predicted molar refractivity (Wildman–Crippen MR) is 105 cm³/mol. The number of pyridine rings is 1. The van der Waals surface area contributed by atoms with Crippen LogP contribution in [0.2, 0.25) is 0 Å². The van der Waals surface area contributed by atoms with E-state index in [1.807, 2.05) is 30.5 Å². The third-order valence-corrected chi connectivity index (χ3v) is 4.67. The second-order valence-electron chi connectivity index (χ2n) is 6.89. The second kappa shape index (κ2) is 8.01. The third kappa shape index (κ3) is 4.95. The Balaban J connectivity index is 1.54. The Hall–Kier alpha value is -2.56. The van der Waals surface area contributed by atoms with E-state index in [4.69, 9.17) is 5.73 Å². The van der Waals surface area contributed by atoms with Crippen LogP contribution in [0.25, 0.3) is 0 Å². The number of aliphatic imine (C=N–C) groups is 1. The van der Waals surface area contributed by atoms with Crippen LogP contribution < -0.4 is 16.0 Å². The van der Waals surface area contributed by atoms with Gasteiger partial charge in [0.15, 0.2) is 5.96 Å². The fraction of sp³-hybridized carbons (Fsp3) is 0.400.